The predicted molar refractivity (Wildman–Crippen MR) is 102 cm³/mol. The smallest absolute Gasteiger partial charge is 0.251 e. The van der Waals surface area contributed by atoms with Crippen molar-refractivity contribution in [2.24, 2.45) is 0 Å². The van der Waals surface area contributed by atoms with Crippen LogP contribution in [-0.4, -0.2) is 32.6 Å². The van der Waals surface area contributed by atoms with E-state index in [1.54, 1.807) is 17.3 Å². The highest BCUT2D eigenvalue weighted by molar-refractivity contribution is 6.30. The number of H-pyrrole nitrogens is 1. The number of anilines is 1. The quantitative estimate of drug-likeness (QED) is 0.739. The minimum atomic E-state index is 0.0986. The zero-order chi connectivity index (χ0) is 18.4. The van der Waals surface area contributed by atoms with Crippen molar-refractivity contribution in [3.8, 4) is 11.4 Å². The van der Waals surface area contributed by atoms with Gasteiger partial charge in [0.2, 0.25) is 5.91 Å². The lowest BCUT2D eigenvalue weighted by molar-refractivity contribution is -0.119. The number of hydrogen-bond donors (Lipinski definition) is 1. The minimum Gasteiger partial charge on any atom is -0.279 e. The molecule has 0 atom stereocenters. The Morgan fingerprint density at radius 3 is 2.46 bits per heavy atom. The normalized spacial score (nSPS) is 13.9. The van der Waals surface area contributed by atoms with Crippen LogP contribution in [-0.2, 0) is 4.79 Å². The number of pyridine rings is 1. The molecule has 1 amide bonds. The average Bonchev–Trinajstić information content (AvgIpc) is 3.16. The zero-order valence-electron chi connectivity index (χ0n) is 14.5. The molecule has 1 saturated heterocycles. The van der Waals surface area contributed by atoms with Gasteiger partial charge in [0, 0.05) is 35.9 Å². The average molecular weight is 370 g/mol. The summed E-state index contributed by atoms with van der Waals surface area (Å²) in [5.41, 5.74) is 2.16. The van der Waals surface area contributed by atoms with E-state index in [2.05, 4.69) is 20.2 Å². The number of benzene rings is 1. The summed E-state index contributed by atoms with van der Waals surface area (Å²) in [5.74, 6) is 1.22. The second-order valence-electron chi connectivity index (χ2n) is 6.02. The van der Waals surface area contributed by atoms with Gasteiger partial charge in [-0.3, -0.25) is 19.8 Å². The standard InChI is InChI=1S/C12H13N5O.C7H7Cl/c18-10-3-1-2-8-17(10)12-14-11(15-16-12)9-4-6-13-7-5-9;1-6-2-4-7(8)5-3-6/h4-7H,1-3,8H2,(H,14,15,16);2-5H,1H3. The Hall–Kier alpha value is -2.73. The number of rotatable bonds is 2. The molecule has 1 aliphatic rings. The lowest BCUT2D eigenvalue weighted by Crippen LogP contribution is -2.35. The number of aromatic amines is 1. The SMILES string of the molecule is Cc1ccc(Cl)cc1.O=C1CCCCN1c1n[nH]c(-c2ccncc2)n1. The third-order valence-electron chi connectivity index (χ3n) is 4.00. The van der Waals surface area contributed by atoms with Crippen LogP contribution < -0.4 is 4.90 Å². The maximum absolute atomic E-state index is 11.8. The molecule has 2 aromatic heterocycles. The van der Waals surface area contributed by atoms with E-state index in [-0.39, 0.29) is 5.91 Å². The Kier molecular flexibility index (Phi) is 5.96. The molecule has 0 radical (unpaired) electrons. The van der Waals surface area contributed by atoms with Crippen LogP contribution in [0, 0.1) is 6.92 Å². The van der Waals surface area contributed by atoms with Gasteiger partial charge < -0.3 is 0 Å². The second-order valence-corrected chi connectivity index (χ2v) is 6.45. The number of aryl methyl sites for hydroxylation is 1. The van der Waals surface area contributed by atoms with Gasteiger partial charge in [0.1, 0.15) is 0 Å². The van der Waals surface area contributed by atoms with E-state index in [4.69, 9.17) is 11.6 Å². The molecule has 3 heterocycles. The number of nitrogens with zero attached hydrogens (tertiary/aromatic N) is 4. The molecule has 4 rings (SSSR count). The predicted octanol–water partition coefficient (Wildman–Crippen LogP) is 4.03. The molecule has 1 aromatic carbocycles. The van der Waals surface area contributed by atoms with Crippen LogP contribution >= 0.6 is 11.6 Å². The van der Waals surface area contributed by atoms with Crippen molar-refractivity contribution < 1.29 is 4.79 Å². The van der Waals surface area contributed by atoms with Crippen molar-refractivity contribution in [1.29, 1.82) is 0 Å². The van der Waals surface area contributed by atoms with Gasteiger partial charge in [0.25, 0.3) is 5.95 Å². The summed E-state index contributed by atoms with van der Waals surface area (Å²) in [6.07, 6.45) is 5.94. The van der Waals surface area contributed by atoms with Gasteiger partial charge >= 0.3 is 0 Å². The number of hydrogen-bond acceptors (Lipinski definition) is 4. The Morgan fingerprint density at radius 2 is 1.81 bits per heavy atom. The molecule has 0 unspecified atom stereocenters. The van der Waals surface area contributed by atoms with Crippen LogP contribution in [0.4, 0.5) is 5.95 Å². The molecule has 26 heavy (non-hydrogen) atoms. The number of aromatic nitrogens is 4. The van der Waals surface area contributed by atoms with Crippen LogP contribution in [0.5, 0.6) is 0 Å². The molecule has 1 aliphatic heterocycles. The topological polar surface area (TPSA) is 74.8 Å². The lowest BCUT2D eigenvalue weighted by atomic mass is 10.1. The summed E-state index contributed by atoms with van der Waals surface area (Å²) in [6, 6.07) is 11.4. The highest BCUT2D eigenvalue weighted by Gasteiger charge is 2.23. The first-order valence-corrected chi connectivity index (χ1v) is 8.86. The highest BCUT2D eigenvalue weighted by Crippen LogP contribution is 2.20. The first-order valence-electron chi connectivity index (χ1n) is 8.49. The fourth-order valence-electron chi connectivity index (χ4n) is 2.56. The van der Waals surface area contributed by atoms with Crippen LogP contribution in [0.25, 0.3) is 11.4 Å². The summed E-state index contributed by atoms with van der Waals surface area (Å²) in [6.45, 7) is 2.74. The van der Waals surface area contributed by atoms with Gasteiger partial charge in [-0.05, 0) is 44.0 Å². The zero-order valence-corrected chi connectivity index (χ0v) is 15.3. The maximum Gasteiger partial charge on any atom is 0.251 e. The second kappa shape index (κ2) is 8.58. The van der Waals surface area contributed by atoms with E-state index in [0.717, 1.165) is 23.4 Å². The lowest BCUT2D eigenvalue weighted by Gasteiger charge is -2.22. The summed E-state index contributed by atoms with van der Waals surface area (Å²) in [7, 11) is 0. The number of carbonyl (C=O) groups is 1. The molecule has 0 spiro atoms. The van der Waals surface area contributed by atoms with Crippen LogP contribution in [0.3, 0.4) is 0 Å². The van der Waals surface area contributed by atoms with E-state index < -0.39 is 0 Å². The summed E-state index contributed by atoms with van der Waals surface area (Å²) >= 11 is 5.61. The summed E-state index contributed by atoms with van der Waals surface area (Å²) < 4.78 is 0. The van der Waals surface area contributed by atoms with Crippen LogP contribution in [0.15, 0.2) is 48.8 Å². The van der Waals surface area contributed by atoms with E-state index in [1.807, 2.05) is 43.3 Å². The maximum atomic E-state index is 11.8. The minimum absolute atomic E-state index is 0.0986. The number of amides is 1. The molecular weight excluding hydrogens is 350 g/mol. The molecule has 0 aliphatic carbocycles. The molecule has 1 N–H and O–H groups in total. The summed E-state index contributed by atoms with van der Waals surface area (Å²) in [4.78, 5) is 21.7. The Morgan fingerprint density at radius 1 is 1.08 bits per heavy atom. The third kappa shape index (κ3) is 4.67. The summed E-state index contributed by atoms with van der Waals surface area (Å²) in [5, 5.41) is 7.77. The van der Waals surface area contributed by atoms with Crippen molar-refractivity contribution in [3.05, 3.63) is 59.4 Å². The molecular formula is C19H20ClN5O. The van der Waals surface area contributed by atoms with Gasteiger partial charge in [-0.15, -0.1) is 5.10 Å². The van der Waals surface area contributed by atoms with Crippen molar-refractivity contribution in [2.75, 3.05) is 11.4 Å². The van der Waals surface area contributed by atoms with Crippen molar-refractivity contribution in [2.45, 2.75) is 26.2 Å². The fourth-order valence-corrected chi connectivity index (χ4v) is 2.69. The molecule has 7 heteroatoms. The highest BCUT2D eigenvalue weighted by atomic mass is 35.5. The molecule has 1 fully saturated rings. The number of piperidine rings is 1. The van der Waals surface area contributed by atoms with Gasteiger partial charge in [0.05, 0.1) is 0 Å². The van der Waals surface area contributed by atoms with Crippen LogP contribution in [0.1, 0.15) is 24.8 Å². The molecule has 0 bridgehead atoms. The molecule has 3 aromatic rings. The van der Waals surface area contributed by atoms with Crippen molar-refractivity contribution in [3.63, 3.8) is 0 Å². The van der Waals surface area contributed by atoms with E-state index in [9.17, 15) is 4.79 Å². The van der Waals surface area contributed by atoms with Crippen LogP contribution in [0.2, 0.25) is 5.02 Å². The van der Waals surface area contributed by atoms with Gasteiger partial charge in [-0.25, -0.2) is 0 Å². The van der Waals surface area contributed by atoms with Gasteiger partial charge in [-0.2, -0.15) is 4.98 Å². The largest absolute Gasteiger partial charge is 0.279 e. The first-order chi connectivity index (χ1) is 12.6. The first kappa shape index (κ1) is 18.1. The van der Waals surface area contributed by atoms with E-state index >= 15 is 0 Å². The van der Waals surface area contributed by atoms with Gasteiger partial charge in [-0.1, -0.05) is 29.3 Å². The number of nitrogens with one attached hydrogen (secondary N) is 1. The fraction of sp³-hybridized carbons (Fsp3) is 0.263. The molecule has 134 valence electrons. The third-order valence-corrected chi connectivity index (χ3v) is 4.26. The Labute approximate surface area is 157 Å². The van der Waals surface area contributed by atoms with Crippen molar-refractivity contribution >= 4 is 23.5 Å². The Balaban J connectivity index is 0.000000206. The van der Waals surface area contributed by atoms with Crippen molar-refractivity contribution in [1.82, 2.24) is 20.2 Å². The monoisotopic (exact) mass is 369 g/mol. The molecule has 6 nitrogen and oxygen atoms in total. The van der Waals surface area contributed by atoms with Gasteiger partial charge in [0.15, 0.2) is 5.82 Å². The Bertz CT molecular complexity index is 827. The van der Waals surface area contributed by atoms with E-state index in [0.29, 0.717) is 24.7 Å². The van der Waals surface area contributed by atoms with E-state index in [1.165, 1.54) is 5.56 Å². The molecule has 0 saturated carbocycles. The number of carbonyl (C=O) groups excluding carboxylic acids is 1. The number of halogens is 1.